The van der Waals surface area contributed by atoms with E-state index in [4.69, 9.17) is 4.74 Å². The predicted octanol–water partition coefficient (Wildman–Crippen LogP) is 6.18. The van der Waals surface area contributed by atoms with Crippen molar-refractivity contribution in [3.05, 3.63) is 69.5 Å². The molecular weight excluding hydrogens is 547 g/mol. The van der Waals surface area contributed by atoms with Gasteiger partial charge in [-0.15, -0.1) is 5.10 Å². The van der Waals surface area contributed by atoms with Crippen LogP contribution in [0.4, 0.5) is 13.2 Å². The maximum atomic E-state index is 14.0. The van der Waals surface area contributed by atoms with Gasteiger partial charge in [0, 0.05) is 24.2 Å². The summed E-state index contributed by atoms with van der Waals surface area (Å²) in [6.45, 7) is 3.73. The molecule has 0 amide bonds. The van der Waals surface area contributed by atoms with Gasteiger partial charge in [0.1, 0.15) is 11.4 Å². The van der Waals surface area contributed by atoms with Gasteiger partial charge in [-0.1, -0.05) is 25.0 Å². The first kappa shape index (κ1) is 28.2. The molecule has 0 spiro atoms. The van der Waals surface area contributed by atoms with Crippen molar-refractivity contribution in [3.63, 3.8) is 0 Å². The molecule has 8 nitrogen and oxygen atoms in total. The lowest BCUT2D eigenvalue weighted by Gasteiger charge is -2.41. The van der Waals surface area contributed by atoms with Crippen molar-refractivity contribution in [2.45, 2.75) is 95.2 Å². The number of ether oxygens (including phenoxy) is 1. The summed E-state index contributed by atoms with van der Waals surface area (Å²) in [4.78, 5) is 22.2. The number of aromatic nitrogens is 4. The number of hydrogen-bond donors (Lipinski definition) is 1. The highest BCUT2D eigenvalue weighted by molar-refractivity contribution is 5.90. The molecule has 6 rings (SSSR count). The third kappa shape index (κ3) is 5.01. The molecule has 11 heteroatoms. The van der Waals surface area contributed by atoms with Crippen LogP contribution in [0.2, 0.25) is 0 Å². The number of alkyl halides is 3. The zero-order valence-corrected chi connectivity index (χ0v) is 23.6. The number of cyclic esters (lactones) is 1. The van der Waals surface area contributed by atoms with E-state index in [9.17, 15) is 28.3 Å². The topological polar surface area (TPSA) is 113 Å². The number of hydrogen-bond acceptors (Lipinski definition) is 7. The lowest BCUT2D eigenvalue weighted by molar-refractivity contribution is -0.167. The summed E-state index contributed by atoms with van der Waals surface area (Å²) in [6.07, 6.45) is 0.354. The summed E-state index contributed by atoms with van der Waals surface area (Å²) in [7, 11) is 0. The summed E-state index contributed by atoms with van der Waals surface area (Å²) in [6, 6.07) is 8.14. The van der Waals surface area contributed by atoms with Crippen molar-refractivity contribution >= 4 is 11.7 Å². The van der Waals surface area contributed by atoms with Gasteiger partial charge < -0.3 is 9.84 Å². The lowest BCUT2D eigenvalue weighted by atomic mass is 9.76. The van der Waals surface area contributed by atoms with Crippen LogP contribution in [0.15, 0.2) is 35.6 Å². The van der Waals surface area contributed by atoms with Crippen LogP contribution >= 0.6 is 0 Å². The minimum atomic E-state index is -4.59. The van der Waals surface area contributed by atoms with Crippen LogP contribution in [0, 0.1) is 31.1 Å². The highest BCUT2D eigenvalue weighted by atomic mass is 19.4. The van der Waals surface area contributed by atoms with Crippen LogP contribution in [-0.4, -0.2) is 36.3 Å². The van der Waals surface area contributed by atoms with Crippen LogP contribution < -0.4 is 0 Å². The maximum Gasteiger partial charge on any atom is 0.416 e. The van der Waals surface area contributed by atoms with Crippen molar-refractivity contribution in [1.82, 2.24) is 19.6 Å². The van der Waals surface area contributed by atoms with E-state index in [0.717, 1.165) is 43.1 Å². The van der Waals surface area contributed by atoms with Gasteiger partial charge >= 0.3 is 12.1 Å². The first-order valence-corrected chi connectivity index (χ1v) is 14.4. The number of nitriles is 1. The quantitative estimate of drug-likeness (QED) is 0.333. The summed E-state index contributed by atoms with van der Waals surface area (Å²) in [5.74, 6) is -0.0226. The SMILES string of the molecule is Cc1cc(C)n2nc(CC3=C(O)CC(CCc4ccc(C5(C#N)CC5)c(C(F)(F)F)c4)(C4CCCC4)OC3=O)nc2n1. The van der Waals surface area contributed by atoms with Gasteiger partial charge in [-0.2, -0.15) is 23.4 Å². The molecule has 2 saturated carbocycles. The molecule has 1 unspecified atom stereocenters. The largest absolute Gasteiger partial charge is 0.512 e. The van der Waals surface area contributed by atoms with Gasteiger partial charge in [-0.25, -0.2) is 14.3 Å². The molecule has 3 aromatic rings. The second kappa shape index (κ2) is 10.1. The number of carbonyl (C=O) groups is 1. The monoisotopic (exact) mass is 579 g/mol. The van der Waals surface area contributed by atoms with Crippen molar-refractivity contribution in [1.29, 1.82) is 5.26 Å². The van der Waals surface area contributed by atoms with Crippen LogP contribution in [0.1, 0.15) is 85.3 Å². The minimum absolute atomic E-state index is 0.0111. The molecule has 220 valence electrons. The molecule has 0 saturated heterocycles. The Hall–Kier alpha value is -3.94. The third-order valence-corrected chi connectivity index (χ3v) is 9.16. The van der Waals surface area contributed by atoms with Crippen molar-refractivity contribution in [2.24, 2.45) is 5.92 Å². The van der Waals surface area contributed by atoms with E-state index < -0.39 is 28.7 Å². The molecule has 3 aliphatic rings. The minimum Gasteiger partial charge on any atom is -0.512 e. The molecule has 2 aliphatic carbocycles. The molecule has 3 heterocycles. The molecular formula is C31H32F3N5O3. The highest BCUT2D eigenvalue weighted by Gasteiger charge is 2.51. The van der Waals surface area contributed by atoms with Gasteiger partial charge in [-0.3, -0.25) is 0 Å². The first-order chi connectivity index (χ1) is 19.9. The Labute approximate surface area is 241 Å². The van der Waals surface area contributed by atoms with E-state index in [2.05, 4.69) is 21.1 Å². The second-order valence-corrected chi connectivity index (χ2v) is 12.1. The Balaban J connectivity index is 1.27. The first-order valence-electron chi connectivity index (χ1n) is 14.4. The van der Waals surface area contributed by atoms with Crippen LogP contribution in [-0.2, 0) is 34.0 Å². The van der Waals surface area contributed by atoms with Gasteiger partial charge in [0.15, 0.2) is 5.82 Å². The number of nitrogens with zero attached hydrogens (tertiary/aromatic N) is 5. The smallest absolute Gasteiger partial charge is 0.416 e. The lowest BCUT2D eigenvalue weighted by Crippen LogP contribution is -2.46. The molecule has 2 fully saturated rings. The van der Waals surface area contributed by atoms with E-state index in [1.54, 1.807) is 10.6 Å². The second-order valence-electron chi connectivity index (χ2n) is 12.1. The van der Waals surface area contributed by atoms with E-state index in [-0.39, 0.29) is 48.5 Å². The van der Waals surface area contributed by atoms with Crippen LogP contribution in [0.5, 0.6) is 0 Å². The third-order valence-electron chi connectivity index (χ3n) is 9.16. The number of aliphatic hydroxyl groups excluding tert-OH is 1. The van der Waals surface area contributed by atoms with Gasteiger partial charge in [0.05, 0.1) is 22.6 Å². The number of rotatable bonds is 7. The fourth-order valence-corrected chi connectivity index (χ4v) is 6.75. The summed E-state index contributed by atoms with van der Waals surface area (Å²) >= 11 is 0. The van der Waals surface area contributed by atoms with Crippen molar-refractivity contribution < 1.29 is 27.8 Å². The molecule has 2 aromatic heterocycles. The molecule has 42 heavy (non-hydrogen) atoms. The Kier molecular flexibility index (Phi) is 6.78. The zero-order chi connectivity index (χ0) is 29.9. The van der Waals surface area contributed by atoms with Crippen LogP contribution in [0.3, 0.4) is 0 Å². The van der Waals surface area contributed by atoms with E-state index in [1.165, 1.54) is 6.07 Å². The fraction of sp³-hybridized carbons (Fsp3) is 0.516. The molecule has 1 atom stereocenters. The van der Waals surface area contributed by atoms with E-state index >= 15 is 0 Å². The highest BCUT2D eigenvalue weighted by Crippen LogP contribution is 2.52. The Morgan fingerprint density at radius 3 is 2.55 bits per heavy atom. The molecule has 1 aliphatic heterocycles. The summed E-state index contributed by atoms with van der Waals surface area (Å²) in [5, 5.41) is 25.2. The number of fused-ring (bicyclic) bond motifs is 1. The number of aliphatic hydroxyl groups is 1. The number of esters is 1. The average Bonchev–Trinajstić information content (AvgIpc) is 3.31. The van der Waals surface area contributed by atoms with Gasteiger partial charge in [0.2, 0.25) is 0 Å². The number of halogens is 3. The molecule has 1 aromatic carbocycles. The number of benzene rings is 1. The number of carbonyl (C=O) groups excluding carboxylic acids is 1. The van der Waals surface area contributed by atoms with E-state index in [0.29, 0.717) is 30.0 Å². The van der Waals surface area contributed by atoms with Crippen molar-refractivity contribution in [3.8, 4) is 6.07 Å². The summed E-state index contributed by atoms with van der Waals surface area (Å²) in [5.41, 5.74) is -0.676. The summed E-state index contributed by atoms with van der Waals surface area (Å²) < 4.78 is 49.9. The van der Waals surface area contributed by atoms with Gasteiger partial charge in [-0.05, 0) is 81.5 Å². The number of aryl methyl sites for hydroxylation is 3. The van der Waals surface area contributed by atoms with E-state index in [1.807, 2.05) is 19.9 Å². The van der Waals surface area contributed by atoms with Crippen LogP contribution in [0.25, 0.3) is 5.78 Å². The Bertz CT molecular complexity index is 1640. The Morgan fingerprint density at radius 1 is 1.17 bits per heavy atom. The molecule has 0 radical (unpaired) electrons. The fourth-order valence-electron chi connectivity index (χ4n) is 6.75. The zero-order valence-electron chi connectivity index (χ0n) is 23.6. The average molecular weight is 580 g/mol. The normalized spacial score (nSPS) is 22.4. The molecule has 0 bridgehead atoms. The van der Waals surface area contributed by atoms with Gasteiger partial charge in [0.25, 0.3) is 5.78 Å². The predicted molar refractivity (Wildman–Crippen MR) is 145 cm³/mol. The van der Waals surface area contributed by atoms with Crippen molar-refractivity contribution in [2.75, 3.05) is 0 Å². The standard InChI is InChI=1S/C31H32F3N5O3/c1-18-13-19(2)39-28(36-18)37-26(38-39)15-22-25(40)16-30(42-27(22)41,21-5-3-4-6-21)10-9-20-7-8-23(29(17-35)11-12-29)24(14-20)31(32,33)34/h7-8,13-14,21,40H,3-6,9-12,15-16H2,1-2H3. The molecule has 1 N–H and O–H groups in total. The Morgan fingerprint density at radius 2 is 1.90 bits per heavy atom. The maximum absolute atomic E-state index is 14.0.